The average molecular weight is 465 g/mol. The number of halogens is 1. The average Bonchev–Trinajstić information content (AvgIpc) is 3.22. The van der Waals surface area contributed by atoms with E-state index in [1.807, 2.05) is 19.1 Å². The number of nitrogens with zero attached hydrogens (tertiary/aromatic N) is 3. The summed E-state index contributed by atoms with van der Waals surface area (Å²) < 4.78 is 32.1. The van der Waals surface area contributed by atoms with E-state index < -0.39 is 11.8 Å². The fourth-order valence-corrected chi connectivity index (χ4v) is 3.71. The number of carbonyl (C=O) groups is 1. The number of methoxy groups -OCH3 is 1. The Morgan fingerprint density at radius 2 is 1.94 bits per heavy atom. The Morgan fingerprint density at radius 1 is 1.15 bits per heavy atom. The first-order valence-electron chi connectivity index (χ1n) is 10.9. The summed E-state index contributed by atoms with van der Waals surface area (Å²) >= 11 is 0. The van der Waals surface area contributed by atoms with Crippen LogP contribution in [0.25, 0.3) is 33.7 Å². The third-order valence-electron chi connectivity index (χ3n) is 5.37. The molecule has 3 heterocycles. The van der Waals surface area contributed by atoms with Gasteiger partial charge in [0, 0.05) is 18.2 Å². The third-order valence-corrected chi connectivity index (χ3v) is 5.37. The number of unbranched alkanes of at least 4 members (excludes halogenated alkanes) is 1. The lowest BCUT2D eigenvalue weighted by molar-refractivity contribution is -0.137. The van der Waals surface area contributed by atoms with Gasteiger partial charge in [-0.2, -0.15) is 0 Å². The zero-order chi connectivity index (χ0) is 24.1. The van der Waals surface area contributed by atoms with Crippen molar-refractivity contribution in [2.45, 2.75) is 38.7 Å². The Kier molecular flexibility index (Phi) is 7.01. The van der Waals surface area contributed by atoms with E-state index in [0.717, 1.165) is 5.56 Å². The van der Waals surface area contributed by atoms with Crippen molar-refractivity contribution in [1.29, 1.82) is 0 Å². The normalized spacial score (nSPS) is 12.0. The number of carboxylic acid groups (broad SMARTS) is 1. The molecule has 0 fully saturated rings. The van der Waals surface area contributed by atoms with Crippen LogP contribution < -0.4 is 9.47 Å². The molecule has 0 amide bonds. The van der Waals surface area contributed by atoms with Crippen LogP contribution >= 0.6 is 0 Å². The predicted octanol–water partition coefficient (Wildman–Crippen LogP) is 5.51. The van der Waals surface area contributed by atoms with Gasteiger partial charge in [0.2, 0.25) is 11.6 Å². The summed E-state index contributed by atoms with van der Waals surface area (Å²) in [6.45, 7) is 1.89. The first kappa shape index (κ1) is 23.2. The van der Waals surface area contributed by atoms with Crippen LogP contribution in [-0.4, -0.2) is 39.2 Å². The molecular weight excluding hydrogens is 441 g/mol. The van der Waals surface area contributed by atoms with Gasteiger partial charge in [-0.25, -0.2) is 19.3 Å². The number of ether oxygens (including phenoxy) is 2. The summed E-state index contributed by atoms with van der Waals surface area (Å²) in [5.74, 6) is -0.156. The van der Waals surface area contributed by atoms with Crippen LogP contribution in [0.3, 0.4) is 0 Å². The second-order valence-corrected chi connectivity index (χ2v) is 7.80. The van der Waals surface area contributed by atoms with E-state index in [1.54, 1.807) is 19.2 Å². The molecule has 0 aliphatic carbocycles. The van der Waals surface area contributed by atoms with Crippen molar-refractivity contribution in [3.63, 3.8) is 0 Å². The number of furan rings is 1. The van der Waals surface area contributed by atoms with Gasteiger partial charge in [0.15, 0.2) is 11.6 Å². The Labute approximate surface area is 195 Å². The molecule has 4 aromatic rings. The molecule has 4 rings (SSSR count). The monoisotopic (exact) mass is 465 g/mol. The van der Waals surface area contributed by atoms with Crippen LogP contribution in [0.15, 0.2) is 53.3 Å². The number of carboxylic acids is 1. The van der Waals surface area contributed by atoms with E-state index >= 15 is 0 Å². The van der Waals surface area contributed by atoms with Crippen LogP contribution in [-0.2, 0) is 4.79 Å². The molecule has 0 unspecified atom stereocenters. The molecule has 176 valence electrons. The summed E-state index contributed by atoms with van der Waals surface area (Å²) in [6.07, 6.45) is 4.61. The molecule has 0 saturated heterocycles. The number of rotatable bonds is 10. The molecule has 0 radical (unpaired) electrons. The van der Waals surface area contributed by atoms with Gasteiger partial charge in [0.05, 0.1) is 13.2 Å². The minimum Gasteiger partial charge on any atom is -0.497 e. The third kappa shape index (κ3) is 4.98. The van der Waals surface area contributed by atoms with Gasteiger partial charge in [-0.3, -0.25) is 4.79 Å². The van der Waals surface area contributed by atoms with Gasteiger partial charge in [-0.05, 0) is 56.0 Å². The molecule has 3 aromatic heterocycles. The molecule has 1 atom stereocenters. The summed E-state index contributed by atoms with van der Waals surface area (Å²) in [5, 5.41) is 9.33. The summed E-state index contributed by atoms with van der Waals surface area (Å²) in [7, 11) is 1.58. The zero-order valence-electron chi connectivity index (χ0n) is 18.8. The fraction of sp³-hybridized carbons (Fsp3) is 0.280. The number of aromatic nitrogens is 3. The number of fused-ring (bicyclic) bond motifs is 1. The lowest BCUT2D eigenvalue weighted by Gasteiger charge is -2.14. The van der Waals surface area contributed by atoms with Crippen LogP contribution in [0.5, 0.6) is 11.6 Å². The van der Waals surface area contributed by atoms with Crippen LogP contribution in [0.4, 0.5) is 4.39 Å². The maximum Gasteiger partial charge on any atom is 0.303 e. The number of benzene rings is 1. The molecule has 9 heteroatoms. The van der Waals surface area contributed by atoms with Crippen molar-refractivity contribution in [1.82, 2.24) is 15.0 Å². The fourth-order valence-electron chi connectivity index (χ4n) is 3.71. The molecule has 0 saturated carbocycles. The highest BCUT2D eigenvalue weighted by Gasteiger charge is 2.26. The number of pyridine rings is 1. The highest BCUT2D eigenvalue weighted by atomic mass is 19.1. The van der Waals surface area contributed by atoms with E-state index in [0.29, 0.717) is 41.8 Å². The minimum atomic E-state index is -0.817. The minimum absolute atomic E-state index is 0.0546. The molecule has 0 aliphatic rings. The van der Waals surface area contributed by atoms with Crippen molar-refractivity contribution >= 4 is 17.1 Å². The van der Waals surface area contributed by atoms with Crippen molar-refractivity contribution in [2.75, 3.05) is 7.11 Å². The van der Waals surface area contributed by atoms with Crippen molar-refractivity contribution in [2.24, 2.45) is 0 Å². The highest BCUT2D eigenvalue weighted by Crippen LogP contribution is 2.43. The first-order chi connectivity index (χ1) is 16.5. The molecule has 1 aromatic carbocycles. The molecule has 0 spiro atoms. The van der Waals surface area contributed by atoms with E-state index in [9.17, 15) is 9.18 Å². The lowest BCUT2D eigenvalue weighted by atomic mass is 10.0. The van der Waals surface area contributed by atoms with Gasteiger partial charge in [0.1, 0.15) is 23.2 Å². The Hall–Kier alpha value is -4.01. The summed E-state index contributed by atoms with van der Waals surface area (Å²) in [6, 6.07) is 10.1. The maximum absolute atomic E-state index is 14.7. The molecule has 34 heavy (non-hydrogen) atoms. The first-order valence-corrected chi connectivity index (χ1v) is 10.9. The quantitative estimate of drug-likeness (QED) is 0.305. The highest BCUT2D eigenvalue weighted by molar-refractivity contribution is 6.02. The van der Waals surface area contributed by atoms with Gasteiger partial charge >= 0.3 is 5.97 Å². The number of aliphatic carboxylic acids is 1. The lowest BCUT2D eigenvalue weighted by Crippen LogP contribution is -2.13. The van der Waals surface area contributed by atoms with Crippen LogP contribution in [0, 0.1) is 5.82 Å². The largest absolute Gasteiger partial charge is 0.497 e. The Bertz CT molecular complexity index is 1290. The van der Waals surface area contributed by atoms with Gasteiger partial charge < -0.3 is 19.0 Å². The topological polar surface area (TPSA) is 108 Å². The van der Waals surface area contributed by atoms with Gasteiger partial charge in [0.25, 0.3) is 0 Å². The van der Waals surface area contributed by atoms with E-state index in [1.165, 1.54) is 24.7 Å². The SMILES string of the molecule is COc1ccc(-c2c(-c3ncccc3F)oc3ncnc(O[C@H](C)CCCCC(=O)O)c23)cc1. The standard InChI is InChI=1S/C25H24FN3O5/c1-15(6-3-4-8-19(30)31)33-24-21-20(16-9-11-17(32-2)12-10-16)23(34-25(21)29-14-28-24)22-18(26)7-5-13-27-22/h5,7,9-15H,3-4,6,8H2,1-2H3,(H,30,31)/t15-/m1/s1. The molecule has 0 aliphatic heterocycles. The smallest absolute Gasteiger partial charge is 0.303 e. The summed E-state index contributed by atoms with van der Waals surface area (Å²) in [4.78, 5) is 23.5. The Morgan fingerprint density at radius 3 is 2.65 bits per heavy atom. The zero-order valence-corrected chi connectivity index (χ0v) is 18.8. The van der Waals surface area contributed by atoms with Crippen molar-refractivity contribution in [3.8, 4) is 34.2 Å². The predicted molar refractivity (Wildman–Crippen MR) is 123 cm³/mol. The molecule has 0 bridgehead atoms. The van der Waals surface area contributed by atoms with Crippen LogP contribution in [0.1, 0.15) is 32.6 Å². The Balaban J connectivity index is 1.78. The molecule has 8 nitrogen and oxygen atoms in total. The second-order valence-electron chi connectivity index (χ2n) is 7.80. The van der Waals surface area contributed by atoms with E-state index in [2.05, 4.69) is 15.0 Å². The number of hydrogen-bond acceptors (Lipinski definition) is 7. The van der Waals surface area contributed by atoms with Crippen LogP contribution in [0.2, 0.25) is 0 Å². The second kappa shape index (κ2) is 10.3. The number of hydrogen-bond donors (Lipinski definition) is 1. The van der Waals surface area contributed by atoms with Crippen molar-refractivity contribution in [3.05, 3.63) is 54.7 Å². The molecule has 1 N–H and O–H groups in total. The van der Waals surface area contributed by atoms with E-state index in [4.69, 9.17) is 19.0 Å². The van der Waals surface area contributed by atoms with Gasteiger partial charge in [-0.15, -0.1) is 0 Å². The maximum atomic E-state index is 14.7. The summed E-state index contributed by atoms with van der Waals surface area (Å²) in [5.41, 5.74) is 1.59. The van der Waals surface area contributed by atoms with Crippen molar-refractivity contribution < 1.29 is 28.2 Å². The van der Waals surface area contributed by atoms with Gasteiger partial charge in [-0.1, -0.05) is 12.1 Å². The molecular formula is C25H24FN3O5. The van der Waals surface area contributed by atoms with E-state index in [-0.39, 0.29) is 29.7 Å².